The van der Waals surface area contributed by atoms with Crippen LogP contribution >= 0.6 is 0 Å². The minimum absolute atomic E-state index is 0.277. The molecule has 0 heterocycles. The molecular weight excluding hydrogens is 256 g/mol. The van der Waals surface area contributed by atoms with Crippen LogP contribution in [0.5, 0.6) is 0 Å². The molecule has 5 nitrogen and oxygen atoms in total. The maximum atomic E-state index is 10.6. The Morgan fingerprint density at radius 2 is 1.65 bits per heavy atom. The van der Waals surface area contributed by atoms with E-state index in [2.05, 4.69) is 5.32 Å². The van der Waals surface area contributed by atoms with Crippen molar-refractivity contribution in [2.24, 2.45) is 0 Å². The summed E-state index contributed by atoms with van der Waals surface area (Å²) >= 11 is 0. The summed E-state index contributed by atoms with van der Waals surface area (Å²) in [6.07, 6.45) is -1.66. The molecule has 0 saturated heterocycles. The number of hydrogen-bond acceptors (Lipinski definition) is 3. The number of nitrogens with one attached hydrogen (secondary N) is 1. The van der Waals surface area contributed by atoms with Crippen molar-refractivity contribution in [3.05, 3.63) is 35.4 Å². The molecule has 1 aromatic rings. The molecule has 112 valence electrons. The zero-order chi connectivity index (χ0) is 15.5. The molecule has 0 aromatic heterocycles. The minimum Gasteiger partial charge on any atom is -0.465 e. The lowest BCUT2D eigenvalue weighted by Gasteiger charge is -2.37. The molecule has 2 atom stereocenters. The highest BCUT2D eigenvalue weighted by atomic mass is 16.4. The Morgan fingerprint density at radius 3 is 2.05 bits per heavy atom. The van der Waals surface area contributed by atoms with E-state index in [0.717, 1.165) is 11.1 Å². The first-order valence-corrected chi connectivity index (χ1v) is 6.61. The highest BCUT2D eigenvalue weighted by Gasteiger charge is 2.31. The van der Waals surface area contributed by atoms with Crippen LogP contribution in [0.2, 0.25) is 0 Å². The Bertz CT molecular complexity index is 455. The largest absolute Gasteiger partial charge is 0.465 e. The SMILES string of the molecule is C[C@H](NC(=O)O)c1ccc(C(O)C(C)(C)N(C)C)cc1. The summed E-state index contributed by atoms with van der Waals surface area (Å²) < 4.78 is 0. The summed E-state index contributed by atoms with van der Waals surface area (Å²) in [5.74, 6) is 0. The molecule has 1 aromatic carbocycles. The van der Waals surface area contributed by atoms with Gasteiger partial charge in [0.15, 0.2) is 0 Å². The zero-order valence-corrected chi connectivity index (χ0v) is 12.7. The van der Waals surface area contributed by atoms with Crippen molar-refractivity contribution in [1.29, 1.82) is 0 Å². The van der Waals surface area contributed by atoms with Crippen molar-refractivity contribution in [3.8, 4) is 0 Å². The van der Waals surface area contributed by atoms with Crippen molar-refractivity contribution >= 4 is 6.09 Å². The molecule has 0 spiro atoms. The Morgan fingerprint density at radius 1 is 1.20 bits per heavy atom. The quantitative estimate of drug-likeness (QED) is 0.774. The first kappa shape index (κ1) is 16.5. The van der Waals surface area contributed by atoms with Crippen molar-refractivity contribution in [1.82, 2.24) is 10.2 Å². The Kier molecular flexibility index (Phi) is 5.14. The summed E-state index contributed by atoms with van der Waals surface area (Å²) in [4.78, 5) is 12.6. The first-order valence-electron chi connectivity index (χ1n) is 6.61. The van der Waals surface area contributed by atoms with Crippen LogP contribution in [0.4, 0.5) is 4.79 Å². The molecule has 20 heavy (non-hydrogen) atoms. The molecule has 1 unspecified atom stereocenters. The van der Waals surface area contributed by atoms with Gasteiger partial charge < -0.3 is 20.4 Å². The van der Waals surface area contributed by atoms with Crippen molar-refractivity contribution in [2.45, 2.75) is 38.5 Å². The maximum Gasteiger partial charge on any atom is 0.405 e. The number of amides is 1. The van der Waals surface area contributed by atoms with E-state index < -0.39 is 12.2 Å². The fraction of sp³-hybridized carbons (Fsp3) is 0.533. The van der Waals surface area contributed by atoms with Crippen LogP contribution < -0.4 is 5.32 Å². The summed E-state index contributed by atoms with van der Waals surface area (Å²) in [5.41, 5.74) is 1.30. The fourth-order valence-electron chi connectivity index (χ4n) is 1.89. The van der Waals surface area contributed by atoms with Gasteiger partial charge in [-0.25, -0.2) is 4.79 Å². The van der Waals surface area contributed by atoms with Gasteiger partial charge in [0.05, 0.1) is 12.1 Å². The summed E-state index contributed by atoms with van der Waals surface area (Å²) in [6, 6.07) is 7.08. The molecule has 0 aliphatic heterocycles. The highest BCUT2D eigenvalue weighted by molar-refractivity contribution is 5.65. The number of likely N-dealkylation sites (N-methyl/N-ethyl adjacent to an activating group) is 1. The van der Waals surface area contributed by atoms with Crippen LogP contribution in [-0.4, -0.2) is 40.8 Å². The van der Waals surface area contributed by atoms with Crippen LogP contribution in [0, 0.1) is 0 Å². The number of benzene rings is 1. The van der Waals surface area contributed by atoms with E-state index in [-0.39, 0.29) is 11.6 Å². The second-order valence-corrected chi connectivity index (χ2v) is 5.79. The molecule has 5 heteroatoms. The van der Waals surface area contributed by atoms with Crippen molar-refractivity contribution < 1.29 is 15.0 Å². The number of carbonyl (C=O) groups is 1. The molecule has 0 fully saturated rings. The topological polar surface area (TPSA) is 72.8 Å². The molecule has 0 radical (unpaired) electrons. The highest BCUT2D eigenvalue weighted by Crippen LogP contribution is 2.29. The Balaban J connectivity index is 2.89. The van der Waals surface area contributed by atoms with Gasteiger partial charge in [-0.1, -0.05) is 24.3 Å². The van der Waals surface area contributed by atoms with Gasteiger partial charge in [-0.2, -0.15) is 0 Å². The number of nitrogens with zero attached hydrogens (tertiary/aromatic N) is 1. The predicted octanol–water partition coefficient (Wildman–Crippen LogP) is 2.39. The average molecular weight is 280 g/mol. The van der Waals surface area contributed by atoms with Gasteiger partial charge in [-0.3, -0.25) is 0 Å². The van der Waals surface area contributed by atoms with E-state index in [1.165, 1.54) is 0 Å². The van der Waals surface area contributed by atoms with Gasteiger partial charge in [-0.05, 0) is 46.0 Å². The lowest BCUT2D eigenvalue weighted by molar-refractivity contribution is 0.0164. The molecule has 0 saturated carbocycles. The lowest BCUT2D eigenvalue weighted by atomic mass is 9.89. The van der Waals surface area contributed by atoms with Crippen LogP contribution in [0.15, 0.2) is 24.3 Å². The third kappa shape index (κ3) is 3.71. The number of carboxylic acid groups (broad SMARTS) is 1. The van der Waals surface area contributed by atoms with E-state index in [1.807, 2.05) is 57.1 Å². The number of hydrogen-bond donors (Lipinski definition) is 3. The van der Waals surface area contributed by atoms with Crippen LogP contribution in [0.25, 0.3) is 0 Å². The van der Waals surface area contributed by atoms with E-state index in [1.54, 1.807) is 6.92 Å². The smallest absolute Gasteiger partial charge is 0.405 e. The summed E-state index contributed by atoms with van der Waals surface area (Å²) in [6.45, 7) is 5.73. The molecule has 0 aliphatic rings. The molecule has 3 N–H and O–H groups in total. The standard InChI is InChI=1S/C15H24N2O3/c1-10(16-14(19)20)11-6-8-12(9-7-11)13(18)15(2,3)17(4)5/h6-10,13,16,18H,1-5H3,(H,19,20)/t10-,13?/m0/s1. The van der Waals surface area contributed by atoms with Crippen LogP contribution in [0.1, 0.15) is 44.0 Å². The molecular formula is C15H24N2O3. The third-order valence-corrected chi connectivity index (χ3v) is 3.91. The number of rotatable bonds is 5. The van der Waals surface area contributed by atoms with E-state index >= 15 is 0 Å². The number of aliphatic hydroxyl groups excluding tert-OH is 1. The summed E-state index contributed by atoms with van der Waals surface area (Å²) in [5, 5.41) is 21.5. The predicted molar refractivity (Wildman–Crippen MR) is 78.7 cm³/mol. The van der Waals surface area contributed by atoms with Crippen LogP contribution in [-0.2, 0) is 0 Å². The Labute approximate surface area is 120 Å². The van der Waals surface area contributed by atoms with Gasteiger partial charge >= 0.3 is 6.09 Å². The van der Waals surface area contributed by atoms with Crippen molar-refractivity contribution in [3.63, 3.8) is 0 Å². The van der Waals surface area contributed by atoms with E-state index in [0.29, 0.717) is 0 Å². The fourth-order valence-corrected chi connectivity index (χ4v) is 1.89. The van der Waals surface area contributed by atoms with Gasteiger partial charge in [0.25, 0.3) is 0 Å². The molecule has 0 aliphatic carbocycles. The van der Waals surface area contributed by atoms with Gasteiger partial charge in [-0.15, -0.1) is 0 Å². The first-order chi connectivity index (χ1) is 9.16. The number of aliphatic hydroxyl groups is 1. The van der Waals surface area contributed by atoms with Crippen LogP contribution in [0.3, 0.4) is 0 Å². The Hall–Kier alpha value is -1.59. The molecule has 0 bridgehead atoms. The lowest BCUT2D eigenvalue weighted by Crippen LogP contribution is -2.43. The van der Waals surface area contributed by atoms with E-state index in [4.69, 9.17) is 5.11 Å². The second kappa shape index (κ2) is 6.24. The van der Waals surface area contributed by atoms with E-state index in [9.17, 15) is 9.90 Å². The zero-order valence-electron chi connectivity index (χ0n) is 12.7. The minimum atomic E-state index is -1.05. The molecule has 1 rings (SSSR count). The second-order valence-electron chi connectivity index (χ2n) is 5.79. The summed E-state index contributed by atoms with van der Waals surface area (Å²) in [7, 11) is 3.85. The normalized spacial score (nSPS) is 14.9. The van der Waals surface area contributed by atoms with Gasteiger partial charge in [0.2, 0.25) is 0 Å². The average Bonchev–Trinajstić information content (AvgIpc) is 2.37. The van der Waals surface area contributed by atoms with Crippen molar-refractivity contribution in [2.75, 3.05) is 14.1 Å². The maximum absolute atomic E-state index is 10.6. The molecule has 1 amide bonds. The third-order valence-electron chi connectivity index (χ3n) is 3.91. The monoisotopic (exact) mass is 280 g/mol. The van der Waals surface area contributed by atoms with Gasteiger partial charge in [0, 0.05) is 5.54 Å². The van der Waals surface area contributed by atoms with Gasteiger partial charge in [0.1, 0.15) is 0 Å².